The lowest BCUT2D eigenvalue weighted by Crippen LogP contribution is -2.36. The fourth-order valence-corrected chi connectivity index (χ4v) is 3.59. The number of hydrogen-bond acceptors (Lipinski definition) is 5. The van der Waals surface area contributed by atoms with Gasteiger partial charge < -0.3 is 19.4 Å². The van der Waals surface area contributed by atoms with Crippen molar-refractivity contribution in [1.29, 1.82) is 0 Å². The molecule has 0 aliphatic carbocycles. The van der Waals surface area contributed by atoms with Gasteiger partial charge in [-0.05, 0) is 43.7 Å². The molecule has 7 nitrogen and oxygen atoms in total. The zero-order valence-corrected chi connectivity index (χ0v) is 18.3. The van der Waals surface area contributed by atoms with Crippen molar-refractivity contribution >= 4 is 23.4 Å². The van der Waals surface area contributed by atoms with Gasteiger partial charge >= 0.3 is 11.9 Å². The Balaban J connectivity index is 2.12. The van der Waals surface area contributed by atoms with E-state index in [0.29, 0.717) is 11.3 Å². The lowest BCUT2D eigenvalue weighted by molar-refractivity contribution is -0.136. The van der Waals surface area contributed by atoms with E-state index in [2.05, 4.69) is 4.98 Å². The molecule has 2 heterocycles. The summed E-state index contributed by atoms with van der Waals surface area (Å²) in [4.78, 5) is 42.3. The molecule has 1 aliphatic rings. The first-order valence-electron chi connectivity index (χ1n) is 10.1. The predicted octanol–water partition coefficient (Wildman–Crippen LogP) is 3.81. The molecule has 2 aromatic rings. The summed E-state index contributed by atoms with van der Waals surface area (Å²) in [6.07, 6.45) is 1.31. The Labute approximate surface area is 184 Å². The molecule has 1 aliphatic heterocycles. The zero-order valence-electron chi connectivity index (χ0n) is 18.3. The Bertz CT molecular complexity index is 1100. The number of ether oxygens (including phenoxy) is 2. The van der Waals surface area contributed by atoms with Gasteiger partial charge in [0.05, 0.1) is 24.5 Å². The van der Waals surface area contributed by atoms with Crippen LogP contribution >= 0.6 is 0 Å². The maximum atomic E-state index is 13.7. The molecule has 1 N–H and O–H groups in total. The van der Waals surface area contributed by atoms with Crippen LogP contribution in [0.4, 0.5) is 8.78 Å². The van der Waals surface area contributed by atoms with Gasteiger partial charge in [-0.2, -0.15) is 0 Å². The van der Waals surface area contributed by atoms with Crippen molar-refractivity contribution in [2.45, 2.75) is 33.1 Å². The number of nitrogens with one attached hydrogen (secondary N) is 1. The van der Waals surface area contributed by atoms with Gasteiger partial charge in [-0.15, -0.1) is 0 Å². The number of fused-ring (bicyclic) bond motifs is 1. The first kappa shape index (κ1) is 23.2. The van der Waals surface area contributed by atoms with E-state index in [4.69, 9.17) is 9.47 Å². The highest BCUT2D eigenvalue weighted by Crippen LogP contribution is 2.36. The fraction of sp³-hybridized carbons (Fsp3) is 0.348. The third-order valence-electron chi connectivity index (χ3n) is 5.08. The van der Waals surface area contributed by atoms with Crippen LogP contribution in [0.2, 0.25) is 0 Å². The van der Waals surface area contributed by atoms with Crippen LogP contribution in [0.25, 0.3) is 5.57 Å². The zero-order chi connectivity index (χ0) is 23.6. The average molecular weight is 446 g/mol. The van der Waals surface area contributed by atoms with Gasteiger partial charge in [0.1, 0.15) is 5.69 Å². The summed E-state index contributed by atoms with van der Waals surface area (Å²) in [7, 11) is 0. The highest BCUT2D eigenvalue weighted by Gasteiger charge is 2.37. The van der Waals surface area contributed by atoms with Gasteiger partial charge in [0.15, 0.2) is 11.6 Å². The van der Waals surface area contributed by atoms with Crippen LogP contribution in [0.1, 0.15) is 59.8 Å². The standard InChI is InChI=1S/C23H24F2N2O5/c1-5-31-21(29)14-11-27(20(28)13-7-8-16(24)17(25)9-13)12-23(3,4)15-10-18(26-19(14)15)22(30)32-6-2/h7-11,26H,5-6,12H2,1-4H3. The Morgan fingerprint density at radius 2 is 1.69 bits per heavy atom. The maximum Gasteiger partial charge on any atom is 0.354 e. The lowest BCUT2D eigenvalue weighted by atomic mass is 9.83. The summed E-state index contributed by atoms with van der Waals surface area (Å²) in [6.45, 7) is 7.37. The van der Waals surface area contributed by atoms with Crippen molar-refractivity contribution in [2.75, 3.05) is 19.8 Å². The largest absolute Gasteiger partial charge is 0.462 e. The van der Waals surface area contributed by atoms with Crippen LogP contribution < -0.4 is 0 Å². The molecule has 0 saturated heterocycles. The van der Waals surface area contributed by atoms with E-state index >= 15 is 0 Å². The van der Waals surface area contributed by atoms with Crippen molar-refractivity contribution in [2.24, 2.45) is 0 Å². The molecule has 1 aromatic carbocycles. The Morgan fingerprint density at radius 1 is 1.03 bits per heavy atom. The number of amides is 1. The summed E-state index contributed by atoms with van der Waals surface area (Å²) in [5, 5.41) is 0. The molecule has 0 unspecified atom stereocenters. The molecule has 3 rings (SSSR count). The number of aromatic nitrogens is 1. The van der Waals surface area contributed by atoms with Gasteiger partial charge in [-0.3, -0.25) is 4.79 Å². The second-order valence-electron chi connectivity index (χ2n) is 7.90. The van der Waals surface area contributed by atoms with Crippen LogP contribution in [0, 0.1) is 11.6 Å². The van der Waals surface area contributed by atoms with E-state index in [0.717, 1.165) is 12.1 Å². The summed E-state index contributed by atoms with van der Waals surface area (Å²) in [5.41, 5.74) is 0.337. The lowest BCUT2D eigenvalue weighted by Gasteiger charge is -2.29. The monoisotopic (exact) mass is 446 g/mol. The molecule has 0 fully saturated rings. The number of esters is 2. The SMILES string of the molecule is CCOC(=O)C1=CN(C(=O)c2ccc(F)c(F)c2)CC(C)(C)c2cc(C(=O)OCC)[nH]c21. The highest BCUT2D eigenvalue weighted by molar-refractivity contribution is 6.17. The van der Waals surface area contributed by atoms with Crippen LogP contribution in [0.15, 0.2) is 30.5 Å². The van der Waals surface area contributed by atoms with Crippen molar-refractivity contribution in [3.8, 4) is 0 Å². The van der Waals surface area contributed by atoms with Crippen molar-refractivity contribution in [3.63, 3.8) is 0 Å². The molecule has 0 radical (unpaired) electrons. The van der Waals surface area contributed by atoms with E-state index in [1.165, 1.54) is 17.2 Å². The molecule has 32 heavy (non-hydrogen) atoms. The molecule has 1 aromatic heterocycles. The molecule has 0 atom stereocenters. The number of aromatic amines is 1. The predicted molar refractivity (Wildman–Crippen MR) is 112 cm³/mol. The first-order valence-corrected chi connectivity index (χ1v) is 10.1. The molecule has 1 amide bonds. The fourth-order valence-electron chi connectivity index (χ4n) is 3.59. The summed E-state index contributed by atoms with van der Waals surface area (Å²) in [6, 6.07) is 4.45. The summed E-state index contributed by atoms with van der Waals surface area (Å²) in [5.74, 6) is -4.11. The number of halogens is 2. The van der Waals surface area contributed by atoms with Crippen molar-refractivity contribution in [1.82, 2.24) is 9.88 Å². The summed E-state index contributed by atoms with van der Waals surface area (Å²) < 4.78 is 37.2. The first-order chi connectivity index (χ1) is 15.1. The normalized spacial score (nSPS) is 14.8. The second-order valence-corrected chi connectivity index (χ2v) is 7.90. The highest BCUT2D eigenvalue weighted by atomic mass is 19.2. The van der Waals surface area contributed by atoms with Crippen LogP contribution in [-0.4, -0.2) is 47.5 Å². The van der Waals surface area contributed by atoms with Gasteiger partial charge in [0, 0.05) is 23.7 Å². The minimum Gasteiger partial charge on any atom is -0.462 e. The van der Waals surface area contributed by atoms with Gasteiger partial charge in [-0.1, -0.05) is 13.8 Å². The number of H-pyrrole nitrogens is 1. The Morgan fingerprint density at radius 3 is 2.31 bits per heavy atom. The van der Waals surface area contributed by atoms with Gasteiger partial charge in [0.2, 0.25) is 0 Å². The molecule has 9 heteroatoms. The topological polar surface area (TPSA) is 88.7 Å². The third kappa shape index (κ3) is 4.42. The minimum absolute atomic E-state index is 0.0268. The van der Waals surface area contributed by atoms with Crippen LogP contribution in [0.3, 0.4) is 0 Å². The second kappa shape index (κ2) is 8.94. The Kier molecular flexibility index (Phi) is 6.47. The number of benzene rings is 1. The van der Waals surface area contributed by atoms with Crippen molar-refractivity contribution in [3.05, 3.63) is 64.6 Å². The molecular weight excluding hydrogens is 422 g/mol. The molecule has 0 bridgehead atoms. The summed E-state index contributed by atoms with van der Waals surface area (Å²) >= 11 is 0. The van der Waals surface area contributed by atoms with Gasteiger partial charge in [-0.25, -0.2) is 18.4 Å². The maximum absolute atomic E-state index is 13.7. The van der Waals surface area contributed by atoms with Crippen molar-refractivity contribution < 1.29 is 32.6 Å². The number of carbonyl (C=O) groups excluding carboxylic acids is 3. The number of nitrogens with zero attached hydrogens (tertiary/aromatic N) is 1. The number of hydrogen-bond donors (Lipinski definition) is 1. The molecule has 170 valence electrons. The smallest absolute Gasteiger partial charge is 0.354 e. The molecule has 0 spiro atoms. The Hall–Kier alpha value is -3.49. The van der Waals surface area contributed by atoms with E-state index in [-0.39, 0.29) is 36.6 Å². The third-order valence-corrected chi connectivity index (χ3v) is 5.08. The average Bonchev–Trinajstić information content (AvgIpc) is 3.15. The van der Waals surface area contributed by atoms with E-state index in [1.54, 1.807) is 19.9 Å². The molecular formula is C23H24F2N2O5. The van der Waals surface area contributed by atoms with E-state index in [1.807, 2.05) is 13.8 Å². The van der Waals surface area contributed by atoms with Crippen LogP contribution in [-0.2, 0) is 19.7 Å². The quantitative estimate of drug-likeness (QED) is 0.706. The minimum atomic E-state index is -1.15. The number of carbonyl (C=O) groups is 3. The van der Waals surface area contributed by atoms with E-state index in [9.17, 15) is 23.2 Å². The number of rotatable bonds is 5. The van der Waals surface area contributed by atoms with Crippen LogP contribution in [0.5, 0.6) is 0 Å². The van der Waals surface area contributed by atoms with E-state index < -0.39 is 34.9 Å². The van der Waals surface area contributed by atoms with Gasteiger partial charge in [0.25, 0.3) is 5.91 Å². The molecule has 0 saturated carbocycles.